The SMILES string of the molecule is COC[C@H](N)C(=O)C[C@@H](C)C(=O)NCc1cccc2ccccc12.O=C(O)C(F)(F)F. The molecule has 2 aromatic rings. The van der Waals surface area contributed by atoms with Gasteiger partial charge in [-0.25, -0.2) is 4.79 Å². The van der Waals surface area contributed by atoms with E-state index in [1.165, 1.54) is 7.11 Å². The molecular weight excluding hydrogens is 417 g/mol. The number of carbonyl (C=O) groups excluding carboxylic acids is 2. The molecule has 2 rings (SSSR count). The Bertz CT molecular complexity index is 897. The van der Waals surface area contributed by atoms with E-state index in [2.05, 4.69) is 5.32 Å². The standard InChI is InChI=1S/C19H24N2O3.C2HF3O2/c1-13(10-18(22)17(20)12-24-2)19(23)21-11-15-8-5-7-14-6-3-4-9-16(14)15;3-2(4,5)1(6)7/h3-9,13,17H,10-12,20H2,1-2H3,(H,21,23);(H,6,7)/t13-,17+;/m1./s1. The van der Waals surface area contributed by atoms with Gasteiger partial charge in [0.05, 0.1) is 12.6 Å². The summed E-state index contributed by atoms with van der Waals surface area (Å²) in [6.45, 7) is 2.34. The Hall–Kier alpha value is -2.98. The van der Waals surface area contributed by atoms with Gasteiger partial charge in [-0.3, -0.25) is 9.59 Å². The molecule has 0 unspecified atom stereocenters. The summed E-state index contributed by atoms with van der Waals surface area (Å²) in [5.41, 5.74) is 6.75. The number of amides is 1. The molecule has 0 aromatic heterocycles. The van der Waals surface area contributed by atoms with Crippen LogP contribution in [-0.4, -0.2) is 48.7 Å². The van der Waals surface area contributed by atoms with E-state index in [1.54, 1.807) is 6.92 Å². The van der Waals surface area contributed by atoms with Gasteiger partial charge in [0.15, 0.2) is 5.78 Å². The third kappa shape index (κ3) is 8.73. The number of carboxylic acids is 1. The summed E-state index contributed by atoms with van der Waals surface area (Å²) in [5.74, 6) is -3.49. The largest absolute Gasteiger partial charge is 0.490 e. The lowest BCUT2D eigenvalue weighted by atomic mass is 9.99. The third-order valence-corrected chi connectivity index (χ3v) is 4.29. The molecule has 4 N–H and O–H groups in total. The van der Waals surface area contributed by atoms with E-state index in [0.29, 0.717) is 6.54 Å². The van der Waals surface area contributed by atoms with Crippen molar-refractivity contribution in [2.24, 2.45) is 11.7 Å². The van der Waals surface area contributed by atoms with E-state index in [-0.39, 0.29) is 24.7 Å². The van der Waals surface area contributed by atoms with Crippen molar-refractivity contribution in [2.75, 3.05) is 13.7 Å². The van der Waals surface area contributed by atoms with Crippen LogP contribution in [-0.2, 0) is 25.7 Å². The first-order chi connectivity index (χ1) is 14.5. The molecule has 170 valence electrons. The summed E-state index contributed by atoms with van der Waals surface area (Å²) in [7, 11) is 1.49. The van der Waals surface area contributed by atoms with Crippen LogP contribution in [0.25, 0.3) is 10.8 Å². The zero-order valence-corrected chi connectivity index (χ0v) is 17.1. The molecule has 0 aliphatic rings. The fourth-order valence-corrected chi connectivity index (χ4v) is 2.62. The number of Topliss-reactive ketones (excluding diaryl/α,β-unsaturated/α-hetero) is 1. The number of benzene rings is 2. The zero-order valence-electron chi connectivity index (χ0n) is 17.1. The van der Waals surface area contributed by atoms with Crippen LogP contribution in [0, 0.1) is 5.92 Å². The number of carbonyl (C=O) groups is 3. The van der Waals surface area contributed by atoms with Crippen LogP contribution in [0.3, 0.4) is 0 Å². The maximum Gasteiger partial charge on any atom is 0.490 e. The molecule has 0 bridgehead atoms. The minimum Gasteiger partial charge on any atom is -0.475 e. The highest BCUT2D eigenvalue weighted by Crippen LogP contribution is 2.18. The molecule has 1 amide bonds. The molecule has 0 fully saturated rings. The Morgan fingerprint density at radius 3 is 2.29 bits per heavy atom. The highest BCUT2D eigenvalue weighted by molar-refractivity contribution is 5.90. The fraction of sp³-hybridized carbons (Fsp3) is 0.381. The first-order valence-electron chi connectivity index (χ1n) is 9.29. The number of halogens is 3. The number of hydrogen-bond donors (Lipinski definition) is 3. The van der Waals surface area contributed by atoms with Crippen molar-refractivity contribution in [3.63, 3.8) is 0 Å². The topological polar surface area (TPSA) is 119 Å². The van der Waals surface area contributed by atoms with Gasteiger partial charge in [0.25, 0.3) is 0 Å². The Morgan fingerprint density at radius 1 is 1.13 bits per heavy atom. The molecule has 0 aliphatic heterocycles. The molecule has 0 saturated heterocycles. The number of alkyl halides is 3. The van der Waals surface area contributed by atoms with Crippen molar-refractivity contribution in [3.8, 4) is 0 Å². The van der Waals surface area contributed by atoms with Crippen LogP contribution in [0.5, 0.6) is 0 Å². The lowest BCUT2D eigenvalue weighted by Gasteiger charge is -2.15. The van der Waals surface area contributed by atoms with Crippen LogP contribution in [0.2, 0.25) is 0 Å². The summed E-state index contributed by atoms with van der Waals surface area (Å²) < 4.78 is 36.6. The van der Waals surface area contributed by atoms with Crippen molar-refractivity contribution in [1.82, 2.24) is 5.32 Å². The number of methoxy groups -OCH3 is 1. The summed E-state index contributed by atoms with van der Waals surface area (Å²) >= 11 is 0. The van der Waals surface area contributed by atoms with Crippen LogP contribution >= 0.6 is 0 Å². The summed E-state index contributed by atoms with van der Waals surface area (Å²) in [5, 5.41) is 12.3. The highest BCUT2D eigenvalue weighted by atomic mass is 19.4. The molecule has 2 aromatic carbocycles. The van der Waals surface area contributed by atoms with Crippen molar-refractivity contribution < 1.29 is 37.4 Å². The number of nitrogens with two attached hydrogens (primary N) is 1. The van der Waals surface area contributed by atoms with Crippen LogP contribution in [0.15, 0.2) is 42.5 Å². The van der Waals surface area contributed by atoms with Crippen LogP contribution in [0.1, 0.15) is 18.9 Å². The second kappa shape index (κ2) is 12.0. The fourth-order valence-electron chi connectivity index (χ4n) is 2.62. The highest BCUT2D eigenvalue weighted by Gasteiger charge is 2.38. The summed E-state index contributed by atoms with van der Waals surface area (Å²) in [4.78, 5) is 33.0. The third-order valence-electron chi connectivity index (χ3n) is 4.29. The number of aliphatic carboxylic acids is 1. The average Bonchev–Trinajstić information content (AvgIpc) is 2.71. The minimum atomic E-state index is -5.08. The maximum atomic E-state index is 12.2. The molecule has 10 heteroatoms. The maximum absolute atomic E-state index is 12.2. The number of ketones is 1. The average molecular weight is 442 g/mol. The van der Waals surface area contributed by atoms with Crippen molar-refractivity contribution >= 4 is 28.4 Å². The smallest absolute Gasteiger partial charge is 0.475 e. The molecule has 0 heterocycles. The Balaban J connectivity index is 0.000000592. The van der Waals surface area contributed by atoms with Gasteiger partial charge >= 0.3 is 12.1 Å². The zero-order chi connectivity index (χ0) is 23.6. The quantitative estimate of drug-likeness (QED) is 0.578. The van der Waals surface area contributed by atoms with Gasteiger partial charge in [-0.05, 0) is 16.3 Å². The van der Waals surface area contributed by atoms with Gasteiger partial charge in [-0.2, -0.15) is 13.2 Å². The lowest BCUT2D eigenvalue weighted by Crippen LogP contribution is -2.38. The van der Waals surface area contributed by atoms with E-state index in [4.69, 9.17) is 20.4 Å². The Morgan fingerprint density at radius 2 is 1.71 bits per heavy atom. The van der Waals surface area contributed by atoms with Gasteiger partial charge in [0, 0.05) is 26.0 Å². The molecule has 0 aliphatic carbocycles. The van der Waals surface area contributed by atoms with Gasteiger partial charge in [0.2, 0.25) is 5.91 Å². The molecule has 0 spiro atoms. The molecule has 31 heavy (non-hydrogen) atoms. The lowest BCUT2D eigenvalue weighted by molar-refractivity contribution is -0.192. The van der Waals surface area contributed by atoms with E-state index < -0.39 is 24.1 Å². The van der Waals surface area contributed by atoms with Gasteiger partial charge in [0.1, 0.15) is 0 Å². The number of ether oxygens (including phenoxy) is 1. The Kier molecular flexibility index (Phi) is 10.1. The normalized spacial score (nSPS) is 13.0. The first-order valence-corrected chi connectivity index (χ1v) is 9.29. The Labute approximate surface area is 177 Å². The first kappa shape index (κ1) is 26.1. The summed E-state index contributed by atoms with van der Waals surface area (Å²) in [6, 6.07) is 13.4. The number of carboxylic acid groups (broad SMARTS) is 1. The van der Waals surface area contributed by atoms with Crippen LogP contribution in [0.4, 0.5) is 13.2 Å². The van der Waals surface area contributed by atoms with E-state index in [0.717, 1.165) is 16.3 Å². The number of rotatable bonds is 8. The van der Waals surface area contributed by atoms with E-state index in [9.17, 15) is 22.8 Å². The monoisotopic (exact) mass is 442 g/mol. The van der Waals surface area contributed by atoms with Crippen molar-refractivity contribution in [3.05, 3.63) is 48.0 Å². The van der Waals surface area contributed by atoms with E-state index in [1.807, 2.05) is 42.5 Å². The van der Waals surface area contributed by atoms with Crippen LogP contribution < -0.4 is 11.1 Å². The molecular formula is C21H25F3N2O5. The molecule has 0 saturated carbocycles. The number of hydrogen-bond acceptors (Lipinski definition) is 5. The van der Waals surface area contributed by atoms with Crippen molar-refractivity contribution in [1.29, 1.82) is 0 Å². The number of fused-ring (bicyclic) bond motifs is 1. The second-order valence-electron chi connectivity index (χ2n) is 6.79. The predicted octanol–water partition coefficient (Wildman–Crippen LogP) is 2.66. The predicted molar refractivity (Wildman–Crippen MR) is 108 cm³/mol. The van der Waals surface area contributed by atoms with E-state index >= 15 is 0 Å². The molecule has 2 atom stereocenters. The molecule has 7 nitrogen and oxygen atoms in total. The van der Waals surface area contributed by atoms with Gasteiger partial charge in [-0.15, -0.1) is 0 Å². The second-order valence-corrected chi connectivity index (χ2v) is 6.79. The van der Waals surface area contributed by atoms with Gasteiger partial charge in [-0.1, -0.05) is 49.4 Å². The molecule has 0 radical (unpaired) electrons. The van der Waals surface area contributed by atoms with Crippen molar-refractivity contribution in [2.45, 2.75) is 32.1 Å². The van der Waals surface area contributed by atoms with Gasteiger partial charge < -0.3 is 20.9 Å². The number of nitrogens with one attached hydrogen (secondary N) is 1. The minimum absolute atomic E-state index is 0.117. The summed E-state index contributed by atoms with van der Waals surface area (Å²) in [6.07, 6.45) is -4.97.